The fourth-order valence-electron chi connectivity index (χ4n) is 2.73. The molecule has 0 aliphatic rings. The number of rotatable bonds is 8. The van der Waals surface area contributed by atoms with Gasteiger partial charge in [-0.3, -0.25) is 4.55 Å². The summed E-state index contributed by atoms with van der Waals surface area (Å²) in [5, 5.41) is 34.1. The molecule has 4 N–H and O–H groups in total. The molecule has 0 bridgehead atoms. The summed E-state index contributed by atoms with van der Waals surface area (Å²) in [6, 6.07) is 10.6. The molecule has 0 aromatic heterocycles. The smallest absolute Gasteiger partial charge is 0.296 e. The first-order chi connectivity index (χ1) is 14.8. The summed E-state index contributed by atoms with van der Waals surface area (Å²) < 4.78 is 43.1. The number of phenolic OH excluding ortho intramolecular Hbond substituents is 1. The second-order valence-corrected chi connectivity index (χ2v) is 8.12. The van der Waals surface area contributed by atoms with Crippen LogP contribution >= 0.6 is 12.0 Å². The molecule has 11 nitrogen and oxygen atoms in total. The molecule has 13 heteroatoms. The van der Waals surface area contributed by atoms with E-state index in [1.807, 2.05) is 0 Å². The molecule has 0 atom stereocenters. The Morgan fingerprint density at radius 3 is 2.52 bits per heavy atom. The number of hydrogen-bond acceptors (Lipinski definition) is 11. The number of fused-ring (bicyclic) bond motifs is 1. The maximum atomic E-state index is 11.9. The van der Waals surface area contributed by atoms with E-state index in [4.69, 9.17) is 9.99 Å². The topological polar surface area (TPSA) is 159 Å². The van der Waals surface area contributed by atoms with Crippen molar-refractivity contribution in [3.05, 3.63) is 42.5 Å². The second kappa shape index (κ2) is 9.47. The zero-order chi connectivity index (χ0) is 22.6. The molecule has 0 unspecified atom stereocenters. The molecule has 0 saturated heterocycles. The fourth-order valence-corrected chi connectivity index (χ4v) is 3.85. The van der Waals surface area contributed by atoms with Crippen LogP contribution in [0.2, 0.25) is 0 Å². The van der Waals surface area contributed by atoms with Gasteiger partial charge in [0, 0.05) is 18.1 Å². The first-order valence-electron chi connectivity index (χ1n) is 8.48. The van der Waals surface area contributed by atoms with Gasteiger partial charge in [-0.05, 0) is 47.9 Å². The van der Waals surface area contributed by atoms with E-state index in [0.29, 0.717) is 39.1 Å². The maximum absolute atomic E-state index is 11.9. The van der Waals surface area contributed by atoms with Gasteiger partial charge in [0.25, 0.3) is 10.1 Å². The second-order valence-electron chi connectivity index (χ2n) is 5.99. The lowest BCUT2D eigenvalue weighted by atomic mass is 10.1. The first-order valence-corrected chi connectivity index (χ1v) is 10.7. The molecule has 0 heterocycles. The molecule has 0 aliphatic carbocycles. The van der Waals surface area contributed by atoms with E-state index >= 15 is 0 Å². The average Bonchev–Trinajstić information content (AvgIpc) is 2.76. The summed E-state index contributed by atoms with van der Waals surface area (Å²) in [6.07, 6.45) is 0. The molecule has 31 heavy (non-hydrogen) atoms. The molecule has 0 fully saturated rings. The summed E-state index contributed by atoms with van der Waals surface area (Å²) in [5.41, 5.74) is 0.404. The lowest BCUT2D eigenvalue weighted by Crippen LogP contribution is -1.99. The van der Waals surface area contributed by atoms with Gasteiger partial charge >= 0.3 is 0 Å². The van der Waals surface area contributed by atoms with Crippen LogP contribution in [0.4, 0.5) is 17.1 Å². The van der Waals surface area contributed by atoms with Crippen molar-refractivity contribution in [1.29, 1.82) is 0 Å². The number of azo groups is 1. The Balaban J connectivity index is 2.16. The van der Waals surface area contributed by atoms with Crippen molar-refractivity contribution in [2.75, 3.05) is 19.5 Å². The van der Waals surface area contributed by atoms with Crippen molar-refractivity contribution in [3.63, 3.8) is 0 Å². The van der Waals surface area contributed by atoms with Crippen LogP contribution in [-0.2, 0) is 19.5 Å². The zero-order valence-corrected chi connectivity index (χ0v) is 17.8. The molecule has 0 amide bonds. The van der Waals surface area contributed by atoms with Crippen LogP contribution in [0, 0.1) is 0 Å². The predicted molar refractivity (Wildman–Crippen MR) is 113 cm³/mol. The maximum Gasteiger partial charge on any atom is 0.296 e. The highest BCUT2D eigenvalue weighted by Crippen LogP contribution is 2.43. The summed E-state index contributed by atoms with van der Waals surface area (Å²) in [6.45, 7) is 0. The number of anilines is 1. The Morgan fingerprint density at radius 1 is 1.10 bits per heavy atom. The minimum Gasteiger partial charge on any atom is -0.505 e. The van der Waals surface area contributed by atoms with E-state index < -0.39 is 26.5 Å². The van der Waals surface area contributed by atoms with Gasteiger partial charge < -0.3 is 15.2 Å². The van der Waals surface area contributed by atoms with Crippen LogP contribution in [0.1, 0.15) is 0 Å². The number of phenols is 1. The monoisotopic (exact) mass is 467 g/mol. The third-order valence-electron chi connectivity index (χ3n) is 4.20. The largest absolute Gasteiger partial charge is 0.505 e. The van der Waals surface area contributed by atoms with Gasteiger partial charge in [0.1, 0.15) is 22.0 Å². The Morgan fingerprint density at radius 2 is 1.87 bits per heavy atom. The minimum atomic E-state index is -4.74. The lowest BCUT2D eigenvalue weighted by Gasteiger charge is -2.10. The number of nitrogens with zero attached hydrogens (tertiary/aromatic N) is 2. The van der Waals surface area contributed by atoms with Crippen molar-refractivity contribution >= 4 is 50.0 Å². The Bertz CT molecular complexity index is 1250. The summed E-state index contributed by atoms with van der Waals surface area (Å²) in [7, 11) is -1.62. The fraction of sp³-hybridized carbons (Fsp3) is 0.111. The highest BCUT2D eigenvalue weighted by molar-refractivity contribution is 7.94. The van der Waals surface area contributed by atoms with Crippen LogP contribution in [0.3, 0.4) is 0 Å². The third kappa shape index (κ3) is 5.04. The van der Waals surface area contributed by atoms with Crippen molar-refractivity contribution < 1.29 is 37.4 Å². The lowest BCUT2D eigenvalue weighted by molar-refractivity contribution is -0.432. The third-order valence-corrected chi connectivity index (χ3v) is 5.70. The molecular weight excluding hydrogens is 450 g/mol. The molecule has 3 aromatic carbocycles. The van der Waals surface area contributed by atoms with Gasteiger partial charge in [-0.15, -0.1) is 14.6 Å². The molecule has 0 saturated carbocycles. The normalized spacial score (nSPS) is 11.9. The van der Waals surface area contributed by atoms with Gasteiger partial charge in [-0.2, -0.15) is 8.42 Å². The van der Waals surface area contributed by atoms with E-state index in [1.165, 1.54) is 25.3 Å². The first kappa shape index (κ1) is 22.7. The molecule has 3 aromatic rings. The average molecular weight is 467 g/mol. The van der Waals surface area contributed by atoms with Crippen LogP contribution in [0.25, 0.3) is 10.8 Å². The quantitative estimate of drug-likeness (QED) is 0.120. The predicted octanol–water partition coefficient (Wildman–Crippen LogP) is 4.69. The summed E-state index contributed by atoms with van der Waals surface area (Å²) in [5.74, 6) is -0.0373. The van der Waals surface area contributed by atoms with Crippen molar-refractivity contribution in [2.24, 2.45) is 10.2 Å². The molecule has 0 spiro atoms. The van der Waals surface area contributed by atoms with Gasteiger partial charge in [0.05, 0.1) is 24.0 Å². The standard InChI is InChI=1S/C18H17N3O8S2/c1-19-11-3-5-13-10(7-11)8-16(31(24,25)26)17(18(13)22)21-20-14-6-4-12(27-2)9-15(14)30-29-28-23/h3-9,19,22-23H,1-2H3,(H,24,25,26). The molecule has 3 rings (SSSR count). The van der Waals surface area contributed by atoms with Gasteiger partial charge in [0.2, 0.25) is 0 Å². The van der Waals surface area contributed by atoms with E-state index in [0.717, 1.165) is 0 Å². The van der Waals surface area contributed by atoms with E-state index in [-0.39, 0.29) is 5.69 Å². The summed E-state index contributed by atoms with van der Waals surface area (Å²) in [4.78, 5) is -0.323. The number of aromatic hydroxyl groups is 1. The number of methoxy groups -OCH3 is 1. The van der Waals surface area contributed by atoms with Crippen LogP contribution in [0.15, 0.2) is 62.5 Å². The Hall–Kier alpha value is -2.94. The number of hydrogen-bond donors (Lipinski definition) is 4. The SMILES string of the molecule is CNc1ccc2c(O)c(N=Nc3ccc(OC)cc3SOOO)c(S(=O)(=O)O)cc2c1. The molecule has 0 aliphatic heterocycles. The van der Waals surface area contributed by atoms with Gasteiger partial charge in [-0.1, -0.05) is 5.04 Å². The molecular formula is C18H17N3O8S2. The van der Waals surface area contributed by atoms with Gasteiger partial charge in [-0.25, -0.2) is 5.26 Å². The Kier molecular flexibility index (Phi) is 6.94. The highest BCUT2D eigenvalue weighted by Gasteiger charge is 2.22. The van der Waals surface area contributed by atoms with Crippen LogP contribution in [0.5, 0.6) is 11.5 Å². The highest BCUT2D eigenvalue weighted by atomic mass is 32.2. The zero-order valence-electron chi connectivity index (χ0n) is 16.1. The van der Waals surface area contributed by atoms with Crippen LogP contribution in [-0.4, -0.2) is 37.5 Å². The van der Waals surface area contributed by atoms with Crippen molar-refractivity contribution in [2.45, 2.75) is 9.79 Å². The number of ether oxygens (including phenoxy) is 1. The Labute approximate surface area is 181 Å². The molecule has 0 radical (unpaired) electrons. The van der Waals surface area contributed by atoms with Gasteiger partial charge in [0.15, 0.2) is 5.75 Å². The van der Waals surface area contributed by atoms with Crippen molar-refractivity contribution in [3.8, 4) is 11.5 Å². The van der Waals surface area contributed by atoms with E-state index in [2.05, 4.69) is 24.9 Å². The van der Waals surface area contributed by atoms with E-state index in [1.54, 1.807) is 31.3 Å². The minimum absolute atomic E-state index is 0.175. The summed E-state index contributed by atoms with van der Waals surface area (Å²) >= 11 is 0.589. The molecule has 164 valence electrons. The number of benzene rings is 3. The van der Waals surface area contributed by atoms with Crippen LogP contribution < -0.4 is 10.1 Å². The van der Waals surface area contributed by atoms with Crippen molar-refractivity contribution in [1.82, 2.24) is 0 Å². The number of nitrogens with one attached hydrogen (secondary N) is 1. The van der Waals surface area contributed by atoms with E-state index in [9.17, 15) is 18.1 Å².